The van der Waals surface area contributed by atoms with E-state index in [1.807, 2.05) is 0 Å². The standard InChI is InChI=1S/C10H13NO5S/c1-5(12)11-4-6(13)9(14)7-2-3-8(17-7)10(15)16/h2-3,6,9,13-14H,4H2,1H3,(H,11,12)(H,15,16). The third-order valence-corrected chi connectivity index (χ3v) is 3.20. The number of carboxylic acids is 1. The summed E-state index contributed by atoms with van der Waals surface area (Å²) >= 11 is 0.889. The zero-order valence-corrected chi connectivity index (χ0v) is 9.90. The van der Waals surface area contributed by atoms with Crippen LogP contribution in [-0.4, -0.2) is 39.8 Å². The van der Waals surface area contributed by atoms with E-state index in [1.54, 1.807) is 0 Å². The van der Waals surface area contributed by atoms with Crippen LogP contribution in [0.4, 0.5) is 0 Å². The van der Waals surface area contributed by atoms with Crippen LogP contribution in [0.2, 0.25) is 0 Å². The summed E-state index contributed by atoms with van der Waals surface area (Å²) in [4.78, 5) is 21.7. The molecule has 0 bridgehead atoms. The van der Waals surface area contributed by atoms with Gasteiger partial charge in [-0.05, 0) is 12.1 Å². The van der Waals surface area contributed by atoms with Crippen molar-refractivity contribution in [2.75, 3.05) is 6.54 Å². The fourth-order valence-corrected chi connectivity index (χ4v) is 2.07. The molecule has 7 heteroatoms. The molecule has 0 saturated heterocycles. The summed E-state index contributed by atoms with van der Waals surface area (Å²) in [6.07, 6.45) is -2.38. The molecule has 17 heavy (non-hydrogen) atoms. The molecule has 4 N–H and O–H groups in total. The number of hydrogen-bond acceptors (Lipinski definition) is 5. The maximum absolute atomic E-state index is 10.6. The van der Waals surface area contributed by atoms with Gasteiger partial charge in [0.25, 0.3) is 0 Å². The Morgan fingerprint density at radius 3 is 2.53 bits per heavy atom. The van der Waals surface area contributed by atoms with Gasteiger partial charge in [-0.3, -0.25) is 4.79 Å². The smallest absolute Gasteiger partial charge is 0.345 e. The highest BCUT2D eigenvalue weighted by molar-refractivity contribution is 7.14. The van der Waals surface area contributed by atoms with Crippen molar-refractivity contribution in [3.8, 4) is 0 Å². The van der Waals surface area contributed by atoms with E-state index < -0.39 is 18.2 Å². The number of amides is 1. The number of thiophene rings is 1. The number of rotatable bonds is 5. The molecule has 0 saturated carbocycles. The second-order valence-corrected chi connectivity index (χ2v) is 4.57. The Labute approximate surface area is 102 Å². The van der Waals surface area contributed by atoms with E-state index in [9.17, 15) is 19.8 Å². The van der Waals surface area contributed by atoms with Crippen molar-refractivity contribution < 1.29 is 24.9 Å². The van der Waals surface area contributed by atoms with Crippen LogP contribution < -0.4 is 5.32 Å². The van der Waals surface area contributed by atoms with Gasteiger partial charge in [-0.1, -0.05) is 0 Å². The first kappa shape index (κ1) is 13.6. The molecule has 0 aliphatic rings. The van der Waals surface area contributed by atoms with E-state index >= 15 is 0 Å². The van der Waals surface area contributed by atoms with Crippen LogP contribution in [0.5, 0.6) is 0 Å². The van der Waals surface area contributed by atoms with Gasteiger partial charge < -0.3 is 20.6 Å². The first-order valence-corrected chi connectivity index (χ1v) is 5.67. The molecule has 1 aromatic rings. The van der Waals surface area contributed by atoms with Gasteiger partial charge in [-0.15, -0.1) is 11.3 Å². The average Bonchev–Trinajstić information content (AvgIpc) is 2.73. The highest BCUT2D eigenvalue weighted by atomic mass is 32.1. The Kier molecular flexibility index (Phi) is 4.62. The maximum atomic E-state index is 10.6. The maximum Gasteiger partial charge on any atom is 0.345 e. The summed E-state index contributed by atoms with van der Waals surface area (Å²) in [5, 5.41) is 30.3. The molecule has 0 aromatic carbocycles. The highest BCUT2D eigenvalue weighted by Gasteiger charge is 2.21. The topological polar surface area (TPSA) is 107 Å². The fraction of sp³-hybridized carbons (Fsp3) is 0.400. The Bertz CT molecular complexity index is 417. The van der Waals surface area contributed by atoms with E-state index in [4.69, 9.17) is 5.11 Å². The molecule has 0 radical (unpaired) electrons. The lowest BCUT2D eigenvalue weighted by Gasteiger charge is -2.16. The molecule has 1 amide bonds. The molecule has 0 fully saturated rings. The lowest BCUT2D eigenvalue weighted by molar-refractivity contribution is -0.119. The largest absolute Gasteiger partial charge is 0.477 e. The summed E-state index contributed by atoms with van der Waals surface area (Å²) in [5.41, 5.74) is 0. The van der Waals surface area contributed by atoms with E-state index in [0.29, 0.717) is 4.88 Å². The molecule has 1 aromatic heterocycles. The second kappa shape index (κ2) is 5.76. The Hall–Kier alpha value is -1.44. The minimum Gasteiger partial charge on any atom is -0.477 e. The fourth-order valence-electron chi connectivity index (χ4n) is 1.18. The number of carbonyl (C=O) groups excluding carboxylic acids is 1. The van der Waals surface area contributed by atoms with Crippen LogP contribution in [0.25, 0.3) is 0 Å². The molecular weight excluding hydrogens is 246 g/mol. The first-order chi connectivity index (χ1) is 7.91. The van der Waals surface area contributed by atoms with Gasteiger partial charge in [0.05, 0.1) is 0 Å². The molecule has 0 aliphatic carbocycles. The monoisotopic (exact) mass is 259 g/mol. The third-order valence-electron chi connectivity index (χ3n) is 2.05. The number of aliphatic hydroxyl groups is 2. The lowest BCUT2D eigenvalue weighted by atomic mass is 10.1. The summed E-state index contributed by atoms with van der Waals surface area (Å²) in [5.74, 6) is -1.39. The summed E-state index contributed by atoms with van der Waals surface area (Å²) in [6, 6.07) is 2.80. The van der Waals surface area contributed by atoms with Crippen LogP contribution in [-0.2, 0) is 4.79 Å². The first-order valence-electron chi connectivity index (χ1n) is 4.85. The van der Waals surface area contributed by atoms with Crippen molar-refractivity contribution in [2.45, 2.75) is 19.1 Å². The van der Waals surface area contributed by atoms with Gasteiger partial charge in [0.15, 0.2) is 0 Å². The van der Waals surface area contributed by atoms with Gasteiger partial charge in [-0.2, -0.15) is 0 Å². The molecule has 1 rings (SSSR count). The quantitative estimate of drug-likeness (QED) is 0.594. The summed E-state index contributed by atoms with van der Waals surface area (Å²) in [6.45, 7) is 1.21. The van der Waals surface area contributed by atoms with Crippen LogP contribution in [0.15, 0.2) is 12.1 Å². The minimum atomic E-state index is -1.21. The summed E-state index contributed by atoms with van der Waals surface area (Å²) < 4.78 is 0. The van der Waals surface area contributed by atoms with Gasteiger partial charge in [0.2, 0.25) is 5.91 Å². The van der Waals surface area contributed by atoms with E-state index in [1.165, 1.54) is 19.1 Å². The van der Waals surface area contributed by atoms with Crippen molar-refractivity contribution in [3.05, 3.63) is 21.9 Å². The number of hydrogen-bond donors (Lipinski definition) is 4. The van der Waals surface area contributed by atoms with Crippen molar-refractivity contribution in [2.24, 2.45) is 0 Å². The summed E-state index contributed by atoms with van der Waals surface area (Å²) in [7, 11) is 0. The second-order valence-electron chi connectivity index (χ2n) is 3.46. The van der Waals surface area contributed by atoms with Crippen molar-refractivity contribution in [1.29, 1.82) is 0 Å². The Morgan fingerprint density at radius 2 is 2.06 bits per heavy atom. The zero-order valence-electron chi connectivity index (χ0n) is 9.08. The van der Waals surface area contributed by atoms with Crippen LogP contribution >= 0.6 is 11.3 Å². The van der Waals surface area contributed by atoms with Crippen molar-refractivity contribution >= 4 is 23.2 Å². The van der Waals surface area contributed by atoms with Crippen molar-refractivity contribution in [3.63, 3.8) is 0 Å². The average molecular weight is 259 g/mol. The predicted octanol–water partition coefficient (Wildman–Crippen LogP) is -0.0233. The molecule has 6 nitrogen and oxygen atoms in total. The SMILES string of the molecule is CC(=O)NCC(O)C(O)c1ccc(C(=O)O)s1. The molecule has 2 unspecified atom stereocenters. The highest BCUT2D eigenvalue weighted by Crippen LogP contribution is 2.25. The van der Waals surface area contributed by atoms with Gasteiger partial charge in [-0.25, -0.2) is 4.79 Å². The zero-order chi connectivity index (χ0) is 13.0. The molecule has 0 aliphatic heterocycles. The number of nitrogens with one attached hydrogen (secondary N) is 1. The normalized spacial score (nSPS) is 14.1. The number of aromatic carboxylic acids is 1. The predicted molar refractivity (Wildman–Crippen MR) is 60.9 cm³/mol. The van der Waals surface area contributed by atoms with Gasteiger partial charge >= 0.3 is 5.97 Å². The number of carboxylic acid groups (broad SMARTS) is 1. The van der Waals surface area contributed by atoms with Crippen LogP contribution in [0, 0.1) is 0 Å². The molecule has 2 atom stereocenters. The van der Waals surface area contributed by atoms with Crippen LogP contribution in [0.1, 0.15) is 27.6 Å². The van der Waals surface area contributed by atoms with E-state index in [2.05, 4.69) is 5.32 Å². The van der Waals surface area contributed by atoms with E-state index in [0.717, 1.165) is 11.3 Å². The van der Waals surface area contributed by atoms with Crippen molar-refractivity contribution in [1.82, 2.24) is 5.32 Å². The molecule has 1 heterocycles. The third kappa shape index (κ3) is 3.81. The Morgan fingerprint density at radius 1 is 1.41 bits per heavy atom. The molecular formula is C10H13NO5S. The van der Waals surface area contributed by atoms with Gasteiger partial charge in [0.1, 0.15) is 17.1 Å². The Balaban J connectivity index is 2.64. The molecule has 0 spiro atoms. The molecule has 94 valence electrons. The van der Waals surface area contributed by atoms with Crippen LogP contribution in [0.3, 0.4) is 0 Å². The van der Waals surface area contributed by atoms with E-state index in [-0.39, 0.29) is 17.3 Å². The minimum absolute atomic E-state index is 0.0865. The number of aliphatic hydroxyl groups excluding tert-OH is 2. The lowest BCUT2D eigenvalue weighted by Crippen LogP contribution is -2.33. The van der Waals surface area contributed by atoms with Gasteiger partial charge in [0, 0.05) is 18.3 Å². The number of carbonyl (C=O) groups is 2.